The van der Waals surface area contributed by atoms with E-state index in [1.54, 1.807) is 0 Å². The van der Waals surface area contributed by atoms with E-state index in [2.05, 4.69) is 206 Å². The largest absolute Gasteiger partial charge is 0.0622 e. The van der Waals surface area contributed by atoms with Crippen LogP contribution in [-0.2, 0) is 0 Å². The fraction of sp³-hybridized carbons (Fsp3) is 0. The van der Waals surface area contributed by atoms with Crippen molar-refractivity contribution in [3.05, 3.63) is 206 Å². The van der Waals surface area contributed by atoms with E-state index in [0.717, 1.165) is 0 Å². The van der Waals surface area contributed by atoms with Crippen LogP contribution in [-0.4, -0.2) is 0 Å². The molecule has 0 aliphatic rings. The Kier molecular flexibility index (Phi) is 6.97. The maximum atomic E-state index is 2.39. The van der Waals surface area contributed by atoms with Crippen LogP contribution in [0.2, 0.25) is 0 Å². The van der Waals surface area contributed by atoms with Crippen LogP contribution in [0.5, 0.6) is 0 Å². The highest BCUT2D eigenvalue weighted by atomic mass is 14.2. The molecule has 0 atom stereocenters. The SMILES string of the molecule is c1ccc(-c2ccc(-c3c4ccccc4c(-c4ccc5cc(-c6ccc7ccccc7c6)ccc5c4)c4ccc5ccccc5c34)c3ccccc23)cc1. The summed E-state index contributed by atoms with van der Waals surface area (Å²) in [7, 11) is 0. The van der Waals surface area contributed by atoms with Crippen molar-refractivity contribution in [3.8, 4) is 44.5 Å². The minimum atomic E-state index is 1.23. The summed E-state index contributed by atoms with van der Waals surface area (Å²) in [6, 6.07) is 76.2. The molecule has 0 fully saturated rings. The Morgan fingerprint density at radius 2 is 0.667 bits per heavy atom. The molecule has 250 valence electrons. The van der Waals surface area contributed by atoms with Crippen molar-refractivity contribution >= 4 is 64.6 Å². The molecule has 0 heterocycles. The molecular formula is C54H34. The standard InChI is InChI=1S/C54H34/c1-2-13-36(14-3-1)44-30-31-50(47-19-9-8-18-46(44)47)54-49-21-11-10-20-48(49)52(51-29-28-37-15-6-7-17-45(37)53(51)54)43-27-26-41-33-40(24-25-42(41)34-43)39-23-22-35-12-4-5-16-38(35)32-39/h1-34H. The fourth-order valence-electron chi connectivity index (χ4n) is 8.88. The first-order valence-corrected chi connectivity index (χ1v) is 18.8. The van der Waals surface area contributed by atoms with Gasteiger partial charge in [0.25, 0.3) is 0 Å². The average Bonchev–Trinajstić information content (AvgIpc) is 3.25. The van der Waals surface area contributed by atoms with Crippen LogP contribution in [0.4, 0.5) is 0 Å². The first kappa shape index (κ1) is 30.6. The summed E-state index contributed by atoms with van der Waals surface area (Å²) in [6.07, 6.45) is 0. The summed E-state index contributed by atoms with van der Waals surface area (Å²) in [5.74, 6) is 0. The van der Waals surface area contributed by atoms with E-state index in [1.165, 1.54) is 109 Å². The van der Waals surface area contributed by atoms with Crippen molar-refractivity contribution < 1.29 is 0 Å². The van der Waals surface area contributed by atoms with E-state index < -0.39 is 0 Å². The van der Waals surface area contributed by atoms with Gasteiger partial charge in [-0.25, -0.2) is 0 Å². The fourth-order valence-corrected chi connectivity index (χ4v) is 8.88. The highest BCUT2D eigenvalue weighted by molar-refractivity contribution is 6.30. The number of benzene rings is 11. The van der Waals surface area contributed by atoms with Crippen LogP contribution in [0.15, 0.2) is 206 Å². The predicted molar refractivity (Wildman–Crippen MR) is 233 cm³/mol. The second-order valence-electron chi connectivity index (χ2n) is 14.4. The van der Waals surface area contributed by atoms with Gasteiger partial charge in [-0.1, -0.05) is 188 Å². The van der Waals surface area contributed by atoms with E-state index in [1.807, 2.05) is 0 Å². The monoisotopic (exact) mass is 682 g/mol. The van der Waals surface area contributed by atoms with Gasteiger partial charge < -0.3 is 0 Å². The quantitative estimate of drug-likeness (QED) is 0.128. The van der Waals surface area contributed by atoms with Crippen molar-refractivity contribution in [2.45, 2.75) is 0 Å². The molecule has 11 aromatic rings. The lowest BCUT2D eigenvalue weighted by atomic mass is 9.82. The van der Waals surface area contributed by atoms with Gasteiger partial charge in [0.15, 0.2) is 0 Å². The molecule has 0 N–H and O–H groups in total. The molecule has 0 bridgehead atoms. The zero-order valence-corrected chi connectivity index (χ0v) is 29.6. The Labute approximate surface area is 314 Å². The number of hydrogen-bond acceptors (Lipinski definition) is 0. The zero-order chi connectivity index (χ0) is 35.6. The van der Waals surface area contributed by atoms with Gasteiger partial charge in [0.05, 0.1) is 0 Å². The van der Waals surface area contributed by atoms with E-state index >= 15 is 0 Å². The van der Waals surface area contributed by atoms with Gasteiger partial charge in [-0.15, -0.1) is 0 Å². The molecule has 11 rings (SSSR count). The van der Waals surface area contributed by atoms with Crippen LogP contribution in [0.25, 0.3) is 109 Å². The van der Waals surface area contributed by atoms with Gasteiger partial charge in [-0.05, 0) is 127 Å². The lowest BCUT2D eigenvalue weighted by Crippen LogP contribution is -1.93. The van der Waals surface area contributed by atoms with Crippen LogP contribution < -0.4 is 0 Å². The van der Waals surface area contributed by atoms with Crippen LogP contribution >= 0.6 is 0 Å². The van der Waals surface area contributed by atoms with Crippen LogP contribution in [0.1, 0.15) is 0 Å². The van der Waals surface area contributed by atoms with Crippen LogP contribution in [0, 0.1) is 0 Å². The second-order valence-corrected chi connectivity index (χ2v) is 14.4. The highest BCUT2D eigenvalue weighted by Crippen LogP contribution is 2.48. The van der Waals surface area contributed by atoms with Crippen molar-refractivity contribution in [2.75, 3.05) is 0 Å². The molecule has 0 aliphatic heterocycles. The molecule has 0 saturated carbocycles. The molecule has 0 amide bonds. The molecule has 0 heteroatoms. The third kappa shape index (κ3) is 4.85. The second kappa shape index (κ2) is 12.3. The molecule has 0 aromatic heterocycles. The summed E-state index contributed by atoms with van der Waals surface area (Å²) in [6.45, 7) is 0. The maximum Gasteiger partial charge on any atom is -0.00139 e. The van der Waals surface area contributed by atoms with Crippen molar-refractivity contribution in [3.63, 3.8) is 0 Å². The smallest absolute Gasteiger partial charge is 0.00139 e. The van der Waals surface area contributed by atoms with Gasteiger partial charge in [-0.3, -0.25) is 0 Å². The maximum absolute atomic E-state index is 2.39. The Hall–Kier alpha value is -7.02. The first-order chi connectivity index (χ1) is 26.8. The molecule has 0 spiro atoms. The Morgan fingerprint density at radius 3 is 1.39 bits per heavy atom. The Morgan fingerprint density at radius 1 is 0.204 bits per heavy atom. The van der Waals surface area contributed by atoms with E-state index in [4.69, 9.17) is 0 Å². The van der Waals surface area contributed by atoms with Gasteiger partial charge in [-0.2, -0.15) is 0 Å². The molecule has 0 radical (unpaired) electrons. The first-order valence-electron chi connectivity index (χ1n) is 18.8. The molecule has 11 aromatic carbocycles. The van der Waals surface area contributed by atoms with E-state index in [0.29, 0.717) is 0 Å². The number of fused-ring (bicyclic) bond motifs is 7. The van der Waals surface area contributed by atoms with Gasteiger partial charge in [0, 0.05) is 0 Å². The molecule has 54 heavy (non-hydrogen) atoms. The number of rotatable bonds is 4. The number of hydrogen-bond donors (Lipinski definition) is 0. The Bertz CT molecular complexity index is 3260. The van der Waals surface area contributed by atoms with Crippen molar-refractivity contribution in [1.29, 1.82) is 0 Å². The lowest BCUT2D eigenvalue weighted by molar-refractivity contribution is 1.64. The minimum Gasteiger partial charge on any atom is -0.0622 e. The normalized spacial score (nSPS) is 11.7. The van der Waals surface area contributed by atoms with E-state index in [9.17, 15) is 0 Å². The lowest BCUT2D eigenvalue weighted by Gasteiger charge is -2.21. The molecule has 0 saturated heterocycles. The Balaban J connectivity index is 1.17. The van der Waals surface area contributed by atoms with Gasteiger partial charge in [0.1, 0.15) is 0 Å². The minimum absolute atomic E-state index is 1.23. The summed E-state index contributed by atoms with van der Waals surface area (Å²) in [5.41, 5.74) is 10.0. The van der Waals surface area contributed by atoms with Crippen molar-refractivity contribution in [1.82, 2.24) is 0 Å². The third-order valence-electron chi connectivity index (χ3n) is 11.4. The molecular weight excluding hydrogens is 649 g/mol. The zero-order valence-electron chi connectivity index (χ0n) is 29.6. The topological polar surface area (TPSA) is 0 Å². The summed E-state index contributed by atoms with van der Waals surface area (Å²) >= 11 is 0. The predicted octanol–water partition coefficient (Wildman–Crippen LogP) is 15.3. The van der Waals surface area contributed by atoms with Gasteiger partial charge >= 0.3 is 0 Å². The summed E-state index contributed by atoms with van der Waals surface area (Å²) < 4.78 is 0. The van der Waals surface area contributed by atoms with Crippen LogP contribution in [0.3, 0.4) is 0 Å². The highest BCUT2D eigenvalue weighted by Gasteiger charge is 2.21. The molecule has 0 aliphatic carbocycles. The van der Waals surface area contributed by atoms with E-state index in [-0.39, 0.29) is 0 Å². The summed E-state index contributed by atoms with van der Waals surface area (Å²) in [5, 5.41) is 15.1. The molecule has 0 nitrogen and oxygen atoms in total. The molecule has 0 unspecified atom stereocenters. The third-order valence-corrected chi connectivity index (χ3v) is 11.4. The summed E-state index contributed by atoms with van der Waals surface area (Å²) in [4.78, 5) is 0. The van der Waals surface area contributed by atoms with Crippen molar-refractivity contribution in [2.24, 2.45) is 0 Å². The average molecular weight is 683 g/mol. The van der Waals surface area contributed by atoms with Gasteiger partial charge in [0.2, 0.25) is 0 Å².